The zero-order valence-corrected chi connectivity index (χ0v) is 11.6. The molecule has 0 heterocycles. The summed E-state index contributed by atoms with van der Waals surface area (Å²) in [5, 5.41) is 7.76. The van der Waals surface area contributed by atoms with E-state index < -0.39 is 10.0 Å². The first-order chi connectivity index (χ1) is 8.38. The Bertz CT molecular complexity index is 415. The van der Waals surface area contributed by atoms with E-state index >= 15 is 0 Å². The minimum Gasteiger partial charge on any atom is -0.350 e. The molecule has 1 atom stereocenters. The van der Waals surface area contributed by atoms with Gasteiger partial charge in [-0.15, -0.1) is 0 Å². The molecule has 1 aliphatic carbocycles. The lowest BCUT2D eigenvalue weighted by Crippen LogP contribution is -2.34. The van der Waals surface area contributed by atoms with Crippen LogP contribution in [0.3, 0.4) is 0 Å². The molecule has 0 spiro atoms. The summed E-state index contributed by atoms with van der Waals surface area (Å²) in [6, 6.07) is 0.0484. The van der Waals surface area contributed by atoms with Crippen molar-refractivity contribution >= 4 is 15.9 Å². The number of allylic oxidation sites excluding steroid dienone is 1. The minimum absolute atomic E-state index is 0.0484. The van der Waals surface area contributed by atoms with Gasteiger partial charge in [0.15, 0.2) is 0 Å². The Hall–Kier alpha value is -0.880. The van der Waals surface area contributed by atoms with E-state index in [1.165, 1.54) is 18.4 Å². The van der Waals surface area contributed by atoms with Crippen molar-refractivity contribution in [2.24, 2.45) is 5.14 Å². The number of sulfonamides is 1. The molecule has 3 N–H and O–H groups in total. The van der Waals surface area contributed by atoms with E-state index in [-0.39, 0.29) is 30.5 Å². The smallest absolute Gasteiger partial charge is 0.220 e. The van der Waals surface area contributed by atoms with Crippen molar-refractivity contribution in [2.75, 3.05) is 5.75 Å². The monoisotopic (exact) mass is 274 g/mol. The van der Waals surface area contributed by atoms with Gasteiger partial charge in [0.1, 0.15) is 0 Å². The molecule has 1 aliphatic rings. The van der Waals surface area contributed by atoms with Crippen LogP contribution in [0.5, 0.6) is 0 Å². The number of carbonyl (C=O) groups is 1. The van der Waals surface area contributed by atoms with E-state index in [0.29, 0.717) is 0 Å². The van der Waals surface area contributed by atoms with Crippen molar-refractivity contribution in [3.8, 4) is 0 Å². The Morgan fingerprint density at radius 1 is 1.50 bits per heavy atom. The van der Waals surface area contributed by atoms with Gasteiger partial charge in [-0.05, 0) is 39.0 Å². The molecule has 0 aromatic carbocycles. The molecule has 1 rings (SSSR count). The highest BCUT2D eigenvalue weighted by Crippen LogP contribution is 2.20. The van der Waals surface area contributed by atoms with Crippen LogP contribution in [-0.2, 0) is 14.8 Å². The Morgan fingerprint density at radius 2 is 2.22 bits per heavy atom. The summed E-state index contributed by atoms with van der Waals surface area (Å²) in [6.07, 6.45) is 7.19. The van der Waals surface area contributed by atoms with Gasteiger partial charge in [-0.1, -0.05) is 11.6 Å². The number of rotatable bonds is 6. The molecule has 0 aromatic heterocycles. The van der Waals surface area contributed by atoms with Crippen LogP contribution in [0.2, 0.25) is 0 Å². The number of primary sulfonamides is 1. The maximum absolute atomic E-state index is 11.6. The topological polar surface area (TPSA) is 89.3 Å². The number of carbonyl (C=O) groups excluding carboxylic acids is 1. The third kappa shape index (κ3) is 6.16. The molecular formula is C12H22N2O3S. The van der Waals surface area contributed by atoms with Crippen LogP contribution in [0.4, 0.5) is 0 Å². The first-order valence-corrected chi connectivity index (χ1v) is 8.09. The van der Waals surface area contributed by atoms with Gasteiger partial charge in [-0.2, -0.15) is 0 Å². The number of amides is 1. The fourth-order valence-electron chi connectivity index (χ4n) is 2.10. The molecule has 0 aliphatic heterocycles. The number of hydrogen-bond donors (Lipinski definition) is 2. The molecule has 1 unspecified atom stereocenters. The van der Waals surface area contributed by atoms with E-state index in [1.807, 2.05) is 6.92 Å². The molecule has 0 saturated carbocycles. The van der Waals surface area contributed by atoms with Gasteiger partial charge in [0.05, 0.1) is 5.75 Å². The molecule has 0 bridgehead atoms. The molecule has 0 saturated heterocycles. The fourth-order valence-corrected chi connectivity index (χ4v) is 2.64. The molecule has 6 heteroatoms. The first kappa shape index (κ1) is 15.2. The van der Waals surface area contributed by atoms with Gasteiger partial charge >= 0.3 is 0 Å². The van der Waals surface area contributed by atoms with Crippen molar-refractivity contribution in [1.82, 2.24) is 5.32 Å². The van der Waals surface area contributed by atoms with Gasteiger partial charge in [0.2, 0.25) is 15.9 Å². The van der Waals surface area contributed by atoms with Crippen LogP contribution < -0.4 is 10.5 Å². The van der Waals surface area contributed by atoms with Crippen LogP contribution in [0.25, 0.3) is 0 Å². The summed E-state index contributed by atoms with van der Waals surface area (Å²) in [6.45, 7) is 1.97. The van der Waals surface area contributed by atoms with Crippen LogP contribution in [0, 0.1) is 0 Å². The lowest BCUT2D eigenvalue weighted by Gasteiger charge is -2.20. The van der Waals surface area contributed by atoms with Gasteiger partial charge in [-0.3, -0.25) is 4.79 Å². The van der Waals surface area contributed by atoms with Crippen molar-refractivity contribution in [3.63, 3.8) is 0 Å². The number of nitrogens with one attached hydrogen (secondary N) is 1. The summed E-state index contributed by atoms with van der Waals surface area (Å²) in [5.41, 5.74) is 1.28. The molecule has 5 nitrogen and oxygen atoms in total. The summed E-state index contributed by atoms with van der Waals surface area (Å²) in [5.74, 6) is -0.255. The second-order valence-electron chi connectivity index (χ2n) is 4.78. The second-order valence-corrected chi connectivity index (χ2v) is 6.52. The standard InChI is InChI=1S/C12H22N2O3S/c1-10(11-6-3-2-4-7-11)14-12(15)8-5-9-18(13,16)17/h6,10H,2-5,7-9H2,1H3,(H,14,15)(H2,13,16,17). The van der Waals surface area contributed by atoms with Crippen molar-refractivity contribution < 1.29 is 13.2 Å². The molecule has 0 radical (unpaired) electrons. The predicted octanol–water partition coefficient (Wildman–Crippen LogP) is 1.06. The molecular weight excluding hydrogens is 252 g/mol. The van der Waals surface area contributed by atoms with Crippen molar-refractivity contribution in [1.29, 1.82) is 0 Å². The molecule has 1 amide bonds. The van der Waals surface area contributed by atoms with E-state index in [0.717, 1.165) is 12.8 Å². The summed E-state index contributed by atoms with van der Waals surface area (Å²) < 4.78 is 21.4. The molecule has 18 heavy (non-hydrogen) atoms. The summed E-state index contributed by atoms with van der Waals surface area (Å²) in [7, 11) is -3.46. The van der Waals surface area contributed by atoms with Gasteiger partial charge < -0.3 is 5.32 Å². The quantitative estimate of drug-likeness (QED) is 0.710. The Kier molecular flexibility index (Phi) is 5.81. The molecule has 0 aromatic rings. The summed E-state index contributed by atoms with van der Waals surface area (Å²) in [4.78, 5) is 11.6. The second kappa shape index (κ2) is 6.89. The maximum Gasteiger partial charge on any atom is 0.220 e. The number of hydrogen-bond acceptors (Lipinski definition) is 3. The van der Waals surface area contributed by atoms with Crippen molar-refractivity contribution in [3.05, 3.63) is 11.6 Å². The van der Waals surface area contributed by atoms with Crippen LogP contribution in [0.15, 0.2) is 11.6 Å². The highest BCUT2D eigenvalue weighted by molar-refractivity contribution is 7.89. The van der Waals surface area contributed by atoms with Crippen LogP contribution >= 0.6 is 0 Å². The van der Waals surface area contributed by atoms with E-state index in [9.17, 15) is 13.2 Å². The zero-order chi connectivity index (χ0) is 13.6. The van der Waals surface area contributed by atoms with Crippen LogP contribution in [-0.4, -0.2) is 26.1 Å². The van der Waals surface area contributed by atoms with Crippen LogP contribution in [0.1, 0.15) is 45.4 Å². The maximum atomic E-state index is 11.6. The van der Waals surface area contributed by atoms with Gasteiger partial charge in [-0.25, -0.2) is 13.6 Å². The third-order valence-corrected chi connectivity index (χ3v) is 3.95. The SMILES string of the molecule is CC(NC(=O)CCCS(N)(=O)=O)C1=CCCCC1. The Labute approximate surface area is 109 Å². The van der Waals surface area contributed by atoms with Crippen molar-refractivity contribution in [2.45, 2.75) is 51.5 Å². The number of nitrogens with two attached hydrogens (primary N) is 1. The Balaban J connectivity index is 2.29. The van der Waals surface area contributed by atoms with E-state index in [1.54, 1.807) is 0 Å². The third-order valence-electron chi connectivity index (χ3n) is 3.09. The van der Waals surface area contributed by atoms with Gasteiger partial charge in [0, 0.05) is 12.5 Å². The van der Waals surface area contributed by atoms with E-state index in [2.05, 4.69) is 11.4 Å². The lowest BCUT2D eigenvalue weighted by molar-refractivity contribution is -0.121. The Morgan fingerprint density at radius 3 is 2.78 bits per heavy atom. The molecule has 104 valence electrons. The minimum atomic E-state index is -3.46. The summed E-state index contributed by atoms with van der Waals surface area (Å²) >= 11 is 0. The fraction of sp³-hybridized carbons (Fsp3) is 0.750. The normalized spacial score (nSPS) is 18.0. The highest BCUT2D eigenvalue weighted by atomic mass is 32.2. The van der Waals surface area contributed by atoms with Gasteiger partial charge in [0.25, 0.3) is 0 Å². The molecule has 0 fully saturated rings. The zero-order valence-electron chi connectivity index (χ0n) is 10.8. The largest absolute Gasteiger partial charge is 0.350 e. The highest BCUT2D eigenvalue weighted by Gasteiger charge is 2.14. The van der Waals surface area contributed by atoms with E-state index in [4.69, 9.17) is 5.14 Å². The first-order valence-electron chi connectivity index (χ1n) is 6.37. The average molecular weight is 274 g/mol. The lowest BCUT2D eigenvalue weighted by atomic mass is 9.94. The predicted molar refractivity (Wildman–Crippen MR) is 71.4 cm³/mol. The average Bonchev–Trinajstić information content (AvgIpc) is 2.28.